The third-order valence-electron chi connectivity index (χ3n) is 4.05. The van der Waals surface area contributed by atoms with Crippen LogP contribution in [-0.2, 0) is 4.79 Å². The van der Waals surface area contributed by atoms with E-state index in [4.69, 9.17) is 0 Å². The molecule has 1 aliphatic heterocycles. The molecule has 1 fully saturated rings. The molecule has 3 rings (SSSR count). The first-order valence-corrected chi connectivity index (χ1v) is 7.52. The average Bonchev–Trinajstić information content (AvgIpc) is 2.55. The summed E-state index contributed by atoms with van der Waals surface area (Å²) in [7, 11) is 0. The lowest BCUT2D eigenvalue weighted by Gasteiger charge is -2.41. The van der Waals surface area contributed by atoms with Crippen molar-refractivity contribution in [2.45, 2.75) is 19.9 Å². The summed E-state index contributed by atoms with van der Waals surface area (Å²) in [6, 6.07) is 12.2. The Morgan fingerprint density at radius 2 is 1.95 bits per heavy atom. The number of carbonyl (C=O) groups is 1. The quantitative estimate of drug-likeness (QED) is 0.852. The van der Waals surface area contributed by atoms with Crippen LogP contribution in [0, 0.1) is 6.92 Å². The maximum absolute atomic E-state index is 12.0. The van der Waals surface area contributed by atoms with Crippen LogP contribution in [0.2, 0.25) is 0 Å². The van der Waals surface area contributed by atoms with Crippen molar-refractivity contribution in [3.8, 4) is 0 Å². The molecule has 2 aromatic rings. The van der Waals surface area contributed by atoms with Crippen molar-refractivity contribution in [3.05, 3.63) is 54.0 Å². The lowest BCUT2D eigenvalue weighted by Crippen LogP contribution is -2.50. The summed E-state index contributed by atoms with van der Waals surface area (Å²) in [5.74, 6) is 1.81. The Balaban J connectivity index is 1.88. The van der Waals surface area contributed by atoms with Gasteiger partial charge in [0.05, 0.1) is 6.04 Å². The van der Waals surface area contributed by atoms with Crippen LogP contribution < -0.4 is 4.90 Å². The average molecular weight is 296 g/mol. The highest BCUT2D eigenvalue weighted by Crippen LogP contribution is 2.27. The predicted molar refractivity (Wildman–Crippen MR) is 85.6 cm³/mol. The van der Waals surface area contributed by atoms with Gasteiger partial charge in [-0.05, 0) is 18.6 Å². The molecule has 1 aromatic carbocycles. The van der Waals surface area contributed by atoms with Gasteiger partial charge < -0.3 is 9.80 Å². The number of rotatable bonds is 2. The summed E-state index contributed by atoms with van der Waals surface area (Å²) in [5, 5.41) is 0. The Morgan fingerprint density at radius 3 is 2.64 bits per heavy atom. The van der Waals surface area contributed by atoms with Gasteiger partial charge >= 0.3 is 0 Å². The van der Waals surface area contributed by atoms with Gasteiger partial charge in [-0.25, -0.2) is 9.97 Å². The van der Waals surface area contributed by atoms with Gasteiger partial charge in [-0.15, -0.1) is 0 Å². The SMILES string of the molecule is CC(=O)N1CCN(c2ccnc(C)n2)CC1c1ccccc1. The normalized spacial score (nSPS) is 18.4. The highest BCUT2D eigenvalue weighted by Gasteiger charge is 2.30. The van der Waals surface area contributed by atoms with Crippen molar-refractivity contribution in [1.29, 1.82) is 0 Å². The van der Waals surface area contributed by atoms with Crippen molar-refractivity contribution >= 4 is 11.7 Å². The van der Waals surface area contributed by atoms with Crippen LogP contribution in [0.15, 0.2) is 42.6 Å². The first kappa shape index (κ1) is 14.5. The van der Waals surface area contributed by atoms with Crippen molar-refractivity contribution in [2.75, 3.05) is 24.5 Å². The summed E-state index contributed by atoms with van der Waals surface area (Å²) in [6.07, 6.45) is 1.78. The number of piperazine rings is 1. The van der Waals surface area contributed by atoms with E-state index in [0.717, 1.165) is 30.3 Å². The van der Waals surface area contributed by atoms with Crippen LogP contribution in [0.5, 0.6) is 0 Å². The second kappa shape index (κ2) is 6.13. The number of hydrogen-bond donors (Lipinski definition) is 0. The van der Waals surface area contributed by atoms with Crippen LogP contribution in [0.3, 0.4) is 0 Å². The van der Waals surface area contributed by atoms with E-state index in [9.17, 15) is 4.79 Å². The second-order valence-corrected chi connectivity index (χ2v) is 5.55. The Kier molecular flexibility index (Phi) is 4.04. The zero-order valence-electron chi connectivity index (χ0n) is 12.9. The first-order valence-electron chi connectivity index (χ1n) is 7.52. The molecule has 1 aliphatic rings. The molecular formula is C17H20N4O. The molecule has 5 heteroatoms. The van der Waals surface area contributed by atoms with Gasteiger partial charge in [-0.3, -0.25) is 4.79 Å². The van der Waals surface area contributed by atoms with E-state index in [1.54, 1.807) is 13.1 Å². The summed E-state index contributed by atoms with van der Waals surface area (Å²) in [5.41, 5.74) is 1.16. The van der Waals surface area contributed by atoms with E-state index in [1.165, 1.54) is 0 Å². The summed E-state index contributed by atoms with van der Waals surface area (Å²) < 4.78 is 0. The fourth-order valence-corrected chi connectivity index (χ4v) is 2.95. The third-order valence-corrected chi connectivity index (χ3v) is 4.05. The predicted octanol–water partition coefficient (Wildman–Crippen LogP) is 2.19. The van der Waals surface area contributed by atoms with Crippen LogP contribution in [0.1, 0.15) is 24.4 Å². The van der Waals surface area contributed by atoms with E-state index >= 15 is 0 Å². The van der Waals surface area contributed by atoms with Gasteiger partial charge in [0.25, 0.3) is 0 Å². The van der Waals surface area contributed by atoms with Gasteiger partial charge in [0, 0.05) is 32.8 Å². The monoisotopic (exact) mass is 296 g/mol. The van der Waals surface area contributed by atoms with Crippen LogP contribution in [0.25, 0.3) is 0 Å². The third kappa shape index (κ3) is 2.93. The van der Waals surface area contributed by atoms with Crippen LogP contribution in [0.4, 0.5) is 5.82 Å². The molecule has 1 atom stereocenters. The number of nitrogens with zero attached hydrogens (tertiary/aromatic N) is 4. The minimum absolute atomic E-state index is 0.0581. The highest BCUT2D eigenvalue weighted by molar-refractivity contribution is 5.74. The summed E-state index contributed by atoms with van der Waals surface area (Å²) in [6.45, 7) is 5.78. The lowest BCUT2D eigenvalue weighted by atomic mass is 10.0. The van der Waals surface area contributed by atoms with E-state index in [2.05, 4.69) is 27.0 Å². The number of aromatic nitrogens is 2. The molecule has 1 aromatic heterocycles. The van der Waals surface area contributed by atoms with Gasteiger partial charge in [-0.2, -0.15) is 0 Å². The van der Waals surface area contributed by atoms with Crippen LogP contribution >= 0.6 is 0 Å². The van der Waals surface area contributed by atoms with Crippen LogP contribution in [-0.4, -0.2) is 40.4 Å². The second-order valence-electron chi connectivity index (χ2n) is 5.55. The largest absolute Gasteiger partial charge is 0.352 e. The maximum Gasteiger partial charge on any atom is 0.220 e. The lowest BCUT2D eigenvalue weighted by molar-refractivity contribution is -0.131. The number of carbonyl (C=O) groups excluding carboxylic acids is 1. The summed E-state index contributed by atoms with van der Waals surface area (Å²) in [4.78, 5) is 24.8. The van der Waals surface area contributed by atoms with E-state index < -0.39 is 0 Å². The molecule has 0 aliphatic carbocycles. The Labute approximate surface area is 130 Å². The Morgan fingerprint density at radius 1 is 1.18 bits per heavy atom. The van der Waals surface area contributed by atoms with E-state index in [-0.39, 0.29) is 11.9 Å². The molecule has 22 heavy (non-hydrogen) atoms. The number of hydrogen-bond acceptors (Lipinski definition) is 4. The highest BCUT2D eigenvalue weighted by atomic mass is 16.2. The first-order chi connectivity index (χ1) is 10.6. The fraction of sp³-hybridized carbons (Fsp3) is 0.353. The smallest absolute Gasteiger partial charge is 0.220 e. The molecule has 5 nitrogen and oxygen atoms in total. The number of amides is 1. The molecule has 1 saturated heterocycles. The maximum atomic E-state index is 12.0. The Bertz CT molecular complexity index is 659. The number of anilines is 1. The molecule has 0 N–H and O–H groups in total. The van der Waals surface area contributed by atoms with Gasteiger partial charge in [-0.1, -0.05) is 30.3 Å². The van der Waals surface area contributed by atoms with Crippen molar-refractivity contribution in [3.63, 3.8) is 0 Å². The molecule has 1 unspecified atom stereocenters. The van der Waals surface area contributed by atoms with Crippen molar-refractivity contribution < 1.29 is 4.79 Å². The van der Waals surface area contributed by atoms with Crippen molar-refractivity contribution in [2.24, 2.45) is 0 Å². The van der Waals surface area contributed by atoms with Gasteiger partial charge in [0.2, 0.25) is 5.91 Å². The zero-order chi connectivity index (χ0) is 15.5. The van der Waals surface area contributed by atoms with Gasteiger partial charge in [0.15, 0.2) is 0 Å². The Hall–Kier alpha value is -2.43. The van der Waals surface area contributed by atoms with Gasteiger partial charge in [0.1, 0.15) is 11.6 Å². The van der Waals surface area contributed by atoms with Crippen molar-refractivity contribution in [1.82, 2.24) is 14.9 Å². The van der Waals surface area contributed by atoms with E-state index in [0.29, 0.717) is 6.54 Å². The molecule has 0 bridgehead atoms. The summed E-state index contributed by atoms with van der Waals surface area (Å²) >= 11 is 0. The number of benzene rings is 1. The topological polar surface area (TPSA) is 49.3 Å². The standard InChI is InChI=1S/C17H20N4O/c1-13-18-9-8-17(19-13)20-10-11-21(14(2)22)16(12-20)15-6-4-3-5-7-15/h3-9,16H,10-12H2,1-2H3. The number of aryl methyl sites for hydroxylation is 1. The molecule has 1 amide bonds. The minimum Gasteiger partial charge on any atom is -0.352 e. The minimum atomic E-state index is 0.0581. The molecule has 0 radical (unpaired) electrons. The molecule has 0 spiro atoms. The zero-order valence-corrected chi connectivity index (χ0v) is 12.9. The molecule has 2 heterocycles. The molecule has 114 valence electrons. The molecular weight excluding hydrogens is 276 g/mol. The van der Waals surface area contributed by atoms with E-state index in [1.807, 2.05) is 36.1 Å². The fourth-order valence-electron chi connectivity index (χ4n) is 2.95. The molecule has 0 saturated carbocycles.